The van der Waals surface area contributed by atoms with E-state index in [4.69, 9.17) is 12.2 Å². The van der Waals surface area contributed by atoms with Gasteiger partial charge in [-0.15, -0.1) is 0 Å². The molecule has 1 aliphatic carbocycles. The van der Waals surface area contributed by atoms with Gasteiger partial charge in [-0.1, -0.05) is 17.7 Å². The van der Waals surface area contributed by atoms with E-state index < -0.39 is 0 Å². The fourth-order valence-corrected chi connectivity index (χ4v) is 4.44. The fourth-order valence-electron chi connectivity index (χ4n) is 3.35. The molecule has 1 saturated carbocycles. The quantitative estimate of drug-likeness (QED) is 0.770. The summed E-state index contributed by atoms with van der Waals surface area (Å²) >= 11 is 7.23. The Kier molecular flexibility index (Phi) is 4.54. The molecular weight excluding hydrogens is 362 g/mol. The average Bonchev–Trinajstić information content (AvgIpc) is 3.28. The minimum atomic E-state index is -0.214. The van der Waals surface area contributed by atoms with E-state index in [9.17, 15) is 4.79 Å². The Bertz CT molecular complexity index is 867. The molecule has 0 saturated heterocycles. The highest BCUT2D eigenvalue weighted by atomic mass is 32.1. The number of hydrogen-bond donors (Lipinski definition) is 2. The zero-order valence-corrected chi connectivity index (χ0v) is 16.4. The van der Waals surface area contributed by atoms with Gasteiger partial charge in [0.2, 0.25) is 0 Å². The monoisotopic (exact) mass is 383 g/mol. The van der Waals surface area contributed by atoms with Crippen LogP contribution in [-0.4, -0.2) is 22.0 Å². The third-order valence-corrected chi connectivity index (χ3v) is 5.89. The predicted molar refractivity (Wildman–Crippen MR) is 110 cm³/mol. The average molecular weight is 384 g/mol. The molecule has 1 atom stereocenters. The van der Waals surface area contributed by atoms with Crippen LogP contribution in [0.2, 0.25) is 0 Å². The number of nitrogens with one attached hydrogen (secondary N) is 2. The van der Waals surface area contributed by atoms with Crippen LogP contribution in [0, 0.1) is 6.92 Å². The lowest BCUT2D eigenvalue weighted by Crippen LogP contribution is -2.49. The summed E-state index contributed by atoms with van der Waals surface area (Å²) in [4.78, 5) is 15.3. The summed E-state index contributed by atoms with van der Waals surface area (Å²) in [5.74, 6) is -0.0804. The van der Waals surface area contributed by atoms with E-state index in [1.807, 2.05) is 49.6 Å². The Labute approximate surface area is 162 Å². The van der Waals surface area contributed by atoms with E-state index in [1.54, 1.807) is 11.3 Å². The number of carbonyl (C=O) groups is 1. The van der Waals surface area contributed by atoms with Crippen molar-refractivity contribution in [1.29, 1.82) is 0 Å². The highest BCUT2D eigenvalue weighted by Crippen LogP contribution is 2.38. The minimum absolute atomic E-state index is 0.0804. The maximum absolute atomic E-state index is 13.2. The van der Waals surface area contributed by atoms with Crippen molar-refractivity contribution >= 4 is 40.3 Å². The maximum Gasteiger partial charge on any atom is 0.255 e. The van der Waals surface area contributed by atoms with Crippen molar-refractivity contribution in [2.45, 2.75) is 38.8 Å². The van der Waals surface area contributed by atoms with E-state index in [-0.39, 0.29) is 11.9 Å². The van der Waals surface area contributed by atoms with Gasteiger partial charge in [-0.05, 0) is 73.4 Å². The summed E-state index contributed by atoms with van der Waals surface area (Å²) in [6.45, 7) is 4.04. The number of thiophene rings is 1. The molecule has 6 heteroatoms. The highest BCUT2D eigenvalue weighted by molar-refractivity contribution is 7.80. The number of anilines is 1. The van der Waals surface area contributed by atoms with E-state index in [1.165, 1.54) is 5.56 Å². The molecule has 0 spiro atoms. The van der Waals surface area contributed by atoms with E-state index in [0.717, 1.165) is 35.4 Å². The molecule has 2 aromatic rings. The van der Waals surface area contributed by atoms with E-state index in [0.29, 0.717) is 11.2 Å². The molecule has 1 aliphatic heterocycles. The number of benzene rings is 1. The third kappa shape index (κ3) is 3.27. The third-order valence-electron chi connectivity index (χ3n) is 4.87. The standard InChI is InChI=1S/C20H21N3OS2/c1-12-3-5-15(6-4-12)21-19(24)17-13(2)23(16-7-8-16)20(25)22-18(17)14-9-10-26-11-14/h3-6,9-11,16,18H,7-8H2,1-2H3,(H,21,24)(H,22,25). The Morgan fingerprint density at radius 1 is 1.23 bits per heavy atom. The summed E-state index contributed by atoms with van der Waals surface area (Å²) in [6.07, 6.45) is 2.24. The number of rotatable bonds is 4. The van der Waals surface area contributed by atoms with E-state index >= 15 is 0 Å². The molecule has 2 N–H and O–H groups in total. The molecule has 4 rings (SSSR count). The lowest BCUT2D eigenvalue weighted by atomic mass is 9.96. The predicted octanol–water partition coefficient (Wildman–Crippen LogP) is 4.36. The second-order valence-electron chi connectivity index (χ2n) is 6.86. The Balaban J connectivity index is 1.70. The van der Waals surface area contributed by atoms with Gasteiger partial charge in [-0.3, -0.25) is 4.79 Å². The molecule has 2 heterocycles. The molecule has 1 aromatic carbocycles. The maximum atomic E-state index is 13.2. The Morgan fingerprint density at radius 2 is 1.96 bits per heavy atom. The zero-order chi connectivity index (χ0) is 18.3. The molecule has 1 aromatic heterocycles. The second kappa shape index (κ2) is 6.85. The van der Waals surface area contributed by atoms with Gasteiger partial charge in [-0.25, -0.2) is 0 Å². The van der Waals surface area contributed by atoms with Gasteiger partial charge >= 0.3 is 0 Å². The van der Waals surface area contributed by atoms with Crippen molar-refractivity contribution in [2.24, 2.45) is 0 Å². The normalized spacial score (nSPS) is 20.2. The van der Waals surface area contributed by atoms with Crippen LogP contribution in [0.25, 0.3) is 0 Å². The first-order valence-electron chi connectivity index (χ1n) is 8.75. The number of carbonyl (C=O) groups excluding carboxylic acids is 1. The smallest absolute Gasteiger partial charge is 0.255 e. The SMILES string of the molecule is CC1=C(C(=O)Nc2ccc(C)cc2)C(c2ccsc2)NC(=S)N1C1CC1. The van der Waals surface area contributed by atoms with Gasteiger partial charge in [0.15, 0.2) is 5.11 Å². The molecular formula is C20H21N3OS2. The number of aryl methyl sites for hydroxylation is 1. The first-order chi connectivity index (χ1) is 12.5. The van der Waals surface area contributed by atoms with Gasteiger partial charge in [-0.2, -0.15) is 11.3 Å². The molecule has 134 valence electrons. The van der Waals surface area contributed by atoms with Crippen molar-refractivity contribution < 1.29 is 4.79 Å². The molecule has 0 bridgehead atoms. The lowest BCUT2D eigenvalue weighted by Gasteiger charge is -2.37. The topological polar surface area (TPSA) is 44.4 Å². The largest absolute Gasteiger partial charge is 0.351 e. The first-order valence-corrected chi connectivity index (χ1v) is 10.1. The zero-order valence-electron chi connectivity index (χ0n) is 14.8. The number of hydrogen-bond acceptors (Lipinski definition) is 3. The van der Waals surface area contributed by atoms with E-state index in [2.05, 4.69) is 20.9 Å². The minimum Gasteiger partial charge on any atom is -0.351 e. The summed E-state index contributed by atoms with van der Waals surface area (Å²) in [6, 6.07) is 10.1. The summed E-state index contributed by atoms with van der Waals surface area (Å²) < 4.78 is 0. The van der Waals surface area contributed by atoms with Gasteiger partial charge < -0.3 is 15.5 Å². The summed E-state index contributed by atoms with van der Waals surface area (Å²) in [7, 11) is 0. The van der Waals surface area contributed by atoms with Crippen molar-refractivity contribution in [2.75, 3.05) is 5.32 Å². The molecule has 2 aliphatic rings. The summed E-state index contributed by atoms with van der Waals surface area (Å²) in [5, 5.41) is 11.3. The number of amides is 1. The van der Waals surface area contributed by atoms with Crippen LogP contribution in [0.4, 0.5) is 5.69 Å². The van der Waals surface area contributed by atoms with Crippen molar-refractivity contribution in [3.63, 3.8) is 0 Å². The fraction of sp³-hybridized carbons (Fsp3) is 0.300. The molecule has 4 nitrogen and oxygen atoms in total. The number of thiocarbonyl (C=S) groups is 1. The van der Waals surface area contributed by atoms with Crippen LogP contribution < -0.4 is 10.6 Å². The first kappa shape index (κ1) is 17.2. The van der Waals surface area contributed by atoms with Crippen LogP contribution in [0.5, 0.6) is 0 Å². The van der Waals surface area contributed by atoms with Crippen molar-refractivity contribution in [1.82, 2.24) is 10.2 Å². The van der Waals surface area contributed by atoms with Crippen LogP contribution in [0.15, 0.2) is 52.4 Å². The molecule has 26 heavy (non-hydrogen) atoms. The Morgan fingerprint density at radius 3 is 2.58 bits per heavy atom. The van der Waals surface area contributed by atoms with Crippen molar-refractivity contribution in [3.05, 3.63) is 63.5 Å². The van der Waals surface area contributed by atoms with Gasteiger partial charge in [0.05, 0.1) is 11.6 Å². The Hall–Kier alpha value is -2.18. The molecule has 1 unspecified atom stereocenters. The van der Waals surface area contributed by atoms with Crippen LogP contribution in [-0.2, 0) is 4.79 Å². The lowest BCUT2D eigenvalue weighted by molar-refractivity contribution is -0.113. The molecule has 1 fully saturated rings. The number of allylic oxidation sites excluding steroid dienone is 1. The number of nitrogens with zero attached hydrogens (tertiary/aromatic N) is 1. The molecule has 0 radical (unpaired) electrons. The molecule has 1 amide bonds. The van der Waals surface area contributed by atoms with Gasteiger partial charge in [0.1, 0.15) is 0 Å². The van der Waals surface area contributed by atoms with Gasteiger partial charge in [0, 0.05) is 17.4 Å². The van der Waals surface area contributed by atoms with Crippen LogP contribution in [0.3, 0.4) is 0 Å². The van der Waals surface area contributed by atoms with Crippen LogP contribution in [0.1, 0.15) is 36.9 Å². The summed E-state index contributed by atoms with van der Waals surface area (Å²) in [5.41, 5.74) is 4.73. The van der Waals surface area contributed by atoms with Gasteiger partial charge in [0.25, 0.3) is 5.91 Å². The van der Waals surface area contributed by atoms with Crippen LogP contribution >= 0.6 is 23.6 Å². The second-order valence-corrected chi connectivity index (χ2v) is 8.03. The highest BCUT2D eigenvalue weighted by Gasteiger charge is 2.40. The van der Waals surface area contributed by atoms with Crippen molar-refractivity contribution in [3.8, 4) is 0 Å².